The summed E-state index contributed by atoms with van der Waals surface area (Å²) in [6, 6.07) is 0. The van der Waals surface area contributed by atoms with Crippen molar-refractivity contribution in [2.45, 2.75) is 77.7 Å². The molecule has 4 rings (SSSR count). The lowest BCUT2D eigenvalue weighted by molar-refractivity contribution is -0.163. The van der Waals surface area contributed by atoms with Gasteiger partial charge in [0.05, 0.1) is 37.6 Å². The number of methoxy groups -OCH3 is 1. The van der Waals surface area contributed by atoms with E-state index in [9.17, 15) is 24.9 Å². The zero-order valence-corrected chi connectivity index (χ0v) is 20.9. The van der Waals surface area contributed by atoms with E-state index < -0.39 is 22.9 Å². The van der Waals surface area contributed by atoms with Gasteiger partial charge in [-0.1, -0.05) is 13.8 Å². The van der Waals surface area contributed by atoms with Crippen molar-refractivity contribution in [2.24, 2.45) is 34.5 Å². The maximum Gasteiger partial charge on any atom is 0.313 e. The quantitative estimate of drug-likeness (QED) is 0.479. The molecule has 0 saturated heterocycles. The second-order valence-corrected chi connectivity index (χ2v) is 11.3. The minimum absolute atomic E-state index is 0.0475. The van der Waals surface area contributed by atoms with E-state index in [4.69, 9.17) is 9.47 Å². The van der Waals surface area contributed by atoms with Gasteiger partial charge in [0.1, 0.15) is 0 Å². The fourth-order valence-electron chi connectivity index (χ4n) is 8.31. The van der Waals surface area contributed by atoms with Crippen molar-refractivity contribution in [1.29, 1.82) is 0 Å². The van der Waals surface area contributed by atoms with Gasteiger partial charge in [0.15, 0.2) is 0 Å². The second kappa shape index (κ2) is 8.98. The molecular weight excluding hydrogens is 436 g/mol. The summed E-state index contributed by atoms with van der Waals surface area (Å²) in [4.78, 5) is 24.6. The number of hydrogen-bond donors (Lipinski definition) is 3. The standard InChI is InChI=1S/C27H40O7/c1-5-34-16-6-10-25(2)18-7-11-26(3)19(8-12-27(26,32)13-9-21(29)30)23(18)22(24(31)33-4)17(15-28)20(25)14-16/h14,18-19,22-23,28,32H,5-13,15H2,1-4H3,(H,29,30)/t18-,19-,22?,23+,25+,26-,27-/m0/s1. The molecule has 0 spiro atoms. The summed E-state index contributed by atoms with van der Waals surface area (Å²) in [5, 5.41) is 31.6. The van der Waals surface area contributed by atoms with Crippen LogP contribution in [0.15, 0.2) is 23.0 Å². The highest BCUT2D eigenvalue weighted by molar-refractivity contribution is 5.78. The molecule has 4 aliphatic rings. The summed E-state index contributed by atoms with van der Waals surface area (Å²) in [6.07, 6.45) is 6.83. The Labute approximate surface area is 202 Å². The molecule has 0 aliphatic heterocycles. The smallest absolute Gasteiger partial charge is 0.313 e. The maximum atomic E-state index is 13.3. The van der Waals surface area contributed by atoms with Crippen molar-refractivity contribution in [1.82, 2.24) is 0 Å². The number of carboxylic acids is 1. The van der Waals surface area contributed by atoms with E-state index in [0.717, 1.165) is 49.0 Å². The van der Waals surface area contributed by atoms with Crippen molar-refractivity contribution in [2.75, 3.05) is 20.3 Å². The molecule has 0 aromatic heterocycles. The molecule has 0 bridgehead atoms. The van der Waals surface area contributed by atoms with Crippen molar-refractivity contribution in [3.8, 4) is 0 Å². The van der Waals surface area contributed by atoms with Gasteiger partial charge in [0, 0.05) is 12.8 Å². The van der Waals surface area contributed by atoms with E-state index in [0.29, 0.717) is 13.0 Å². The van der Waals surface area contributed by atoms with Gasteiger partial charge in [-0.2, -0.15) is 0 Å². The van der Waals surface area contributed by atoms with E-state index >= 15 is 0 Å². The molecule has 34 heavy (non-hydrogen) atoms. The lowest BCUT2D eigenvalue weighted by Gasteiger charge is -2.60. The number of carbonyl (C=O) groups is 2. The molecule has 2 fully saturated rings. The number of carboxylic acid groups (broad SMARTS) is 1. The molecule has 0 heterocycles. The van der Waals surface area contributed by atoms with Crippen LogP contribution in [0.1, 0.15) is 72.1 Å². The molecule has 7 heteroatoms. The number of aliphatic carboxylic acids is 1. The van der Waals surface area contributed by atoms with Gasteiger partial charge in [-0.15, -0.1) is 0 Å². The summed E-state index contributed by atoms with van der Waals surface area (Å²) in [5.74, 6) is -0.730. The Morgan fingerprint density at radius 2 is 1.85 bits per heavy atom. The number of allylic oxidation sites excluding steroid dienone is 3. The number of hydrogen-bond acceptors (Lipinski definition) is 6. The third kappa shape index (κ3) is 3.62. The highest BCUT2D eigenvalue weighted by Gasteiger charge is 2.66. The topological polar surface area (TPSA) is 113 Å². The predicted molar refractivity (Wildman–Crippen MR) is 126 cm³/mol. The fraction of sp³-hybridized carbons (Fsp3) is 0.778. The molecule has 4 aliphatic carbocycles. The predicted octanol–water partition coefficient (Wildman–Crippen LogP) is 3.84. The van der Waals surface area contributed by atoms with Crippen LogP contribution in [0, 0.1) is 34.5 Å². The monoisotopic (exact) mass is 476 g/mol. The zero-order valence-electron chi connectivity index (χ0n) is 20.9. The Morgan fingerprint density at radius 1 is 1.15 bits per heavy atom. The number of carbonyl (C=O) groups excluding carboxylic acids is 1. The third-order valence-electron chi connectivity index (χ3n) is 10.1. The number of aliphatic hydroxyl groups excluding tert-OH is 1. The van der Waals surface area contributed by atoms with Crippen molar-refractivity contribution in [3.05, 3.63) is 23.0 Å². The van der Waals surface area contributed by atoms with Crippen LogP contribution in [0.5, 0.6) is 0 Å². The van der Waals surface area contributed by atoms with Gasteiger partial charge in [-0.3, -0.25) is 9.59 Å². The molecule has 0 aromatic rings. The summed E-state index contributed by atoms with van der Waals surface area (Å²) in [7, 11) is 1.40. The van der Waals surface area contributed by atoms with Gasteiger partial charge in [0.2, 0.25) is 0 Å². The van der Waals surface area contributed by atoms with Crippen LogP contribution in [0.3, 0.4) is 0 Å². The van der Waals surface area contributed by atoms with E-state index in [1.807, 2.05) is 6.92 Å². The highest BCUT2D eigenvalue weighted by atomic mass is 16.5. The first-order valence-corrected chi connectivity index (χ1v) is 12.8. The maximum absolute atomic E-state index is 13.3. The summed E-state index contributed by atoms with van der Waals surface area (Å²) in [6.45, 7) is 6.65. The molecule has 0 radical (unpaired) electrons. The zero-order chi connectivity index (χ0) is 24.9. The van der Waals surface area contributed by atoms with Crippen LogP contribution in [-0.2, 0) is 19.1 Å². The van der Waals surface area contributed by atoms with Crippen LogP contribution in [0.25, 0.3) is 0 Å². The molecule has 2 saturated carbocycles. The minimum Gasteiger partial charge on any atom is -0.498 e. The lowest BCUT2D eigenvalue weighted by atomic mass is 9.44. The second-order valence-electron chi connectivity index (χ2n) is 11.3. The first-order chi connectivity index (χ1) is 16.1. The first-order valence-electron chi connectivity index (χ1n) is 12.8. The molecule has 7 nitrogen and oxygen atoms in total. The number of rotatable bonds is 7. The Kier molecular flexibility index (Phi) is 6.66. The molecule has 0 amide bonds. The van der Waals surface area contributed by atoms with Gasteiger partial charge in [-0.25, -0.2) is 0 Å². The Hall–Kier alpha value is -1.86. The molecule has 1 unspecified atom stereocenters. The van der Waals surface area contributed by atoms with Crippen LogP contribution in [-0.4, -0.2) is 53.2 Å². The van der Waals surface area contributed by atoms with E-state index in [2.05, 4.69) is 19.9 Å². The minimum atomic E-state index is -1.07. The molecule has 190 valence electrons. The number of esters is 1. The molecule has 7 atom stereocenters. The molecule has 3 N–H and O–H groups in total. The largest absolute Gasteiger partial charge is 0.498 e. The summed E-state index contributed by atoms with van der Waals surface area (Å²) < 4.78 is 11.1. The average molecular weight is 477 g/mol. The van der Waals surface area contributed by atoms with E-state index in [1.165, 1.54) is 7.11 Å². The number of ether oxygens (including phenoxy) is 2. The normalized spacial score (nSPS) is 41.2. The van der Waals surface area contributed by atoms with Gasteiger partial charge in [0.25, 0.3) is 0 Å². The van der Waals surface area contributed by atoms with Crippen LogP contribution >= 0.6 is 0 Å². The van der Waals surface area contributed by atoms with Crippen LogP contribution in [0.2, 0.25) is 0 Å². The average Bonchev–Trinajstić information content (AvgIpc) is 3.08. The van der Waals surface area contributed by atoms with E-state index in [-0.39, 0.29) is 48.6 Å². The Balaban J connectivity index is 1.83. The molecular formula is C27H40O7. The first kappa shape index (κ1) is 25.2. The van der Waals surface area contributed by atoms with Crippen molar-refractivity contribution >= 4 is 11.9 Å². The van der Waals surface area contributed by atoms with Crippen LogP contribution < -0.4 is 0 Å². The van der Waals surface area contributed by atoms with Gasteiger partial charge < -0.3 is 24.8 Å². The Bertz CT molecular complexity index is 907. The van der Waals surface area contributed by atoms with Gasteiger partial charge >= 0.3 is 11.9 Å². The highest BCUT2D eigenvalue weighted by Crippen LogP contribution is 2.69. The number of fused-ring (bicyclic) bond motifs is 5. The molecule has 0 aromatic carbocycles. The lowest BCUT2D eigenvalue weighted by Crippen LogP contribution is -2.58. The summed E-state index contributed by atoms with van der Waals surface area (Å²) >= 11 is 0. The van der Waals surface area contributed by atoms with Crippen LogP contribution in [0.4, 0.5) is 0 Å². The van der Waals surface area contributed by atoms with Crippen molar-refractivity contribution in [3.63, 3.8) is 0 Å². The SMILES string of the molecule is CCOC1=CC2=C(CO)C(C(=O)OC)[C@@H]3[C@H](CC[C@@]4(C)[C@H]3CC[C@]4(O)CCC(=O)O)[C@@]2(C)CC1. The number of aliphatic hydroxyl groups is 2. The van der Waals surface area contributed by atoms with Gasteiger partial charge in [-0.05, 0) is 91.3 Å². The Morgan fingerprint density at radius 3 is 2.47 bits per heavy atom. The third-order valence-corrected chi connectivity index (χ3v) is 10.1. The summed E-state index contributed by atoms with van der Waals surface area (Å²) in [5.41, 5.74) is -0.00940. The van der Waals surface area contributed by atoms with E-state index in [1.54, 1.807) is 0 Å². The fourth-order valence-corrected chi connectivity index (χ4v) is 8.31. The van der Waals surface area contributed by atoms with Crippen molar-refractivity contribution < 1.29 is 34.4 Å².